The first-order valence-electron chi connectivity index (χ1n) is 17.6. The number of para-hydroxylation sites is 1. The van der Waals surface area contributed by atoms with Crippen LogP contribution in [0.2, 0.25) is 0 Å². The SMILES string of the molecule is CC(NC=O)c1ccccc1.CCC(=O)N1CCC(N2Cc3ccccc3NC2=O)CC1.CN.CN1CCC(N2CCCCC2)CC1. The standard InChI is InChI=1S/C16H21N3O2.C11H22N2.C9H11NO.CH5N/c1-2-15(20)18-9-7-13(8-10-18)19-11-12-5-3-4-6-14(12)17-16(19)21;1-12-9-5-11(6-10-12)13-7-3-2-4-8-13;1-8(10-7-11)9-5-3-2-4-6-9;1-2/h3-6,13H,2,7-11H2,1H3,(H,17,21);11H,2-10H2,1H3;2-8H,1H3,(H,10,11);2H2,1H3. The van der Waals surface area contributed by atoms with Gasteiger partial charge in [0.25, 0.3) is 0 Å². The van der Waals surface area contributed by atoms with Gasteiger partial charge >= 0.3 is 6.03 Å². The number of carbonyl (C=O) groups is 3. The fourth-order valence-electron chi connectivity index (χ4n) is 6.75. The normalized spacial score (nSPS) is 19.6. The Morgan fingerprint density at radius 2 is 1.49 bits per heavy atom. The summed E-state index contributed by atoms with van der Waals surface area (Å²) in [5.74, 6) is 0.210. The molecule has 47 heavy (non-hydrogen) atoms. The van der Waals surface area contributed by atoms with E-state index >= 15 is 0 Å². The number of nitrogens with two attached hydrogens (primary N) is 1. The Morgan fingerprint density at radius 1 is 0.894 bits per heavy atom. The van der Waals surface area contributed by atoms with Crippen LogP contribution < -0.4 is 16.4 Å². The first-order chi connectivity index (χ1) is 22.9. The number of nitrogens with one attached hydrogen (secondary N) is 2. The highest BCUT2D eigenvalue weighted by Gasteiger charge is 2.32. The molecule has 6 rings (SSSR count). The van der Waals surface area contributed by atoms with Gasteiger partial charge in [-0.1, -0.05) is 61.9 Å². The van der Waals surface area contributed by atoms with Gasteiger partial charge in [0.1, 0.15) is 0 Å². The van der Waals surface area contributed by atoms with E-state index in [-0.39, 0.29) is 24.0 Å². The number of rotatable bonds is 6. The van der Waals surface area contributed by atoms with Crippen molar-refractivity contribution in [3.05, 3.63) is 65.7 Å². The van der Waals surface area contributed by atoms with Crippen LogP contribution in [0.1, 0.15) is 82.4 Å². The van der Waals surface area contributed by atoms with Crippen LogP contribution in [0.15, 0.2) is 54.6 Å². The summed E-state index contributed by atoms with van der Waals surface area (Å²) in [6.45, 7) is 11.4. The molecule has 0 spiro atoms. The molecule has 0 aromatic heterocycles. The predicted molar refractivity (Wildman–Crippen MR) is 191 cm³/mol. The fraction of sp³-hybridized carbons (Fsp3) is 0.595. The summed E-state index contributed by atoms with van der Waals surface area (Å²) in [7, 11) is 3.74. The minimum atomic E-state index is -0.0195. The van der Waals surface area contributed by atoms with Crippen molar-refractivity contribution in [2.45, 2.75) is 89.9 Å². The minimum absolute atomic E-state index is 0.0195. The largest absolute Gasteiger partial charge is 0.352 e. The van der Waals surface area contributed by atoms with Crippen LogP contribution >= 0.6 is 0 Å². The topological polar surface area (TPSA) is 114 Å². The number of amides is 4. The number of hydrogen-bond donors (Lipinski definition) is 3. The van der Waals surface area contributed by atoms with Gasteiger partial charge in [-0.25, -0.2) is 4.79 Å². The molecule has 2 aromatic carbocycles. The zero-order valence-electron chi connectivity index (χ0n) is 29.2. The molecule has 2 aromatic rings. The molecule has 260 valence electrons. The van der Waals surface area contributed by atoms with E-state index < -0.39 is 0 Å². The second-order valence-electron chi connectivity index (χ2n) is 12.7. The molecule has 0 saturated carbocycles. The maximum absolute atomic E-state index is 12.3. The van der Waals surface area contributed by atoms with Gasteiger partial charge in [0.2, 0.25) is 12.3 Å². The summed E-state index contributed by atoms with van der Waals surface area (Å²) in [4.78, 5) is 43.1. The van der Waals surface area contributed by atoms with Crippen molar-refractivity contribution >= 4 is 24.0 Å². The highest BCUT2D eigenvalue weighted by atomic mass is 16.2. The lowest BCUT2D eigenvalue weighted by molar-refractivity contribution is -0.132. The van der Waals surface area contributed by atoms with Crippen LogP contribution in [0.3, 0.4) is 0 Å². The van der Waals surface area contributed by atoms with Crippen LogP contribution in [-0.2, 0) is 16.1 Å². The van der Waals surface area contributed by atoms with Crippen molar-refractivity contribution in [3.8, 4) is 0 Å². The Kier molecular flexibility index (Phi) is 16.7. The maximum atomic E-state index is 12.3. The van der Waals surface area contributed by atoms with Gasteiger partial charge in [0, 0.05) is 43.8 Å². The maximum Gasteiger partial charge on any atom is 0.322 e. The van der Waals surface area contributed by atoms with Crippen molar-refractivity contribution in [3.63, 3.8) is 0 Å². The fourth-order valence-corrected chi connectivity index (χ4v) is 6.75. The lowest BCUT2D eigenvalue weighted by Crippen LogP contribution is -2.51. The summed E-state index contributed by atoms with van der Waals surface area (Å²) in [6.07, 6.45) is 10.1. The highest BCUT2D eigenvalue weighted by Crippen LogP contribution is 2.27. The number of carbonyl (C=O) groups excluding carboxylic acids is 3. The second-order valence-corrected chi connectivity index (χ2v) is 12.7. The van der Waals surface area contributed by atoms with Crippen molar-refractivity contribution in [2.75, 3.05) is 58.7 Å². The third-order valence-corrected chi connectivity index (χ3v) is 9.63. The summed E-state index contributed by atoms with van der Waals surface area (Å²) < 4.78 is 0. The van der Waals surface area contributed by atoms with Gasteiger partial charge in [-0.15, -0.1) is 0 Å². The first-order valence-corrected chi connectivity index (χ1v) is 17.6. The van der Waals surface area contributed by atoms with Crippen molar-refractivity contribution < 1.29 is 14.4 Å². The Bertz CT molecular complexity index is 1190. The molecule has 4 aliphatic rings. The summed E-state index contributed by atoms with van der Waals surface area (Å²) in [5, 5.41) is 5.64. The number of fused-ring (bicyclic) bond motifs is 1. The van der Waals surface area contributed by atoms with Crippen LogP contribution in [0.5, 0.6) is 0 Å². The van der Waals surface area contributed by atoms with Gasteiger partial charge in [-0.3, -0.25) is 9.59 Å². The van der Waals surface area contributed by atoms with Gasteiger partial charge in [-0.2, -0.15) is 0 Å². The molecule has 0 bridgehead atoms. The molecule has 0 aliphatic carbocycles. The number of anilines is 1. The second kappa shape index (κ2) is 20.7. The first kappa shape index (κ1) is 38.0. The molecular weight excluding hydrogens is 590 g/mol. The Balaban J connectivity index is 0.000000199. The zero-order valence-corrected chi connectivity index (χ0v) is 29.2. The number of urea groups is 1. The lowest BCUT2D eigenvalue weighted by Gasteiger charge is -2.40. The molecule has 1 unspecified atom stereocenters. The Labute approximate surface area is 283 Å². The van der Waals surface area contributed by atoms with Crippen molar-refractivity contribution in [1.82, 2.24) is 24.9 Å². The van der Waals surface area contributed by atoms with Crippen LogP contribution in [0.4, 0.5) is 10.5 Å². The van der Waals surface area contributed by atoms with E-state index in [0.717, 1.165) is 55.2 Å². The molecule has 4 heterocycles. The molecule has 4 aliphatic heterocycles. The molecule has 4 N–H and O–H groups in total. The van der Waals surface area contributed by atoms with Crippen molar-refractivity contribution in [1.29, 1.82) is 0 Å². The summed E-state index contributed by atoms with van der Waals surface area (Å²) in [5.41, 5.74) is 7.70. The van der Waals surface area contributed by atoms with E-state index in [1.807, 2.05) is 72.2 Å². The van der Waals surface area contributed by atoms with E-state index in [1.165, 1.54) is 65.3 Å². The van der Waals surface area contributed by atoms with E-state index in [2.05, 4.69) is 39.3 Å². The number of likely N-dealkylation sites (tertiary alicyclic amines) is 3. The Morgan fingerprint density at radius 3 is 2.11 bits per heavy atom. The Hall–Kier alpha value is -3.47. The average molecular weight is 650 g/mol. The monoisotopic (exact) mass is 649 g/mol. The van der Waals surface area contributed by atoms with Crippen LogP contribution in [0, 0.1) is 0 Å². The number of hydrogen-bond acceptors (Lipinski definition) is 6. The number of nitrogens with zero attached hydrogens (tertiary/aromatic N) is 4. The van der Waals surface area contributed by atoms with E-state index in [0.29, 0.717) is 13.0 Å². The zero-order chi connectivity index (χ0) is 34.0. The molecule has 3 fully saturated rings. The average Bonchev–Trinajstić information content (AvgIpc) is 3.13. The van der Waals surface area contributed by atoms with Crippen LogP contribution in [-0.4, -0.2) is 103 Å². The number of piperidine rings is 3. The van der Waals surface area contributed by atoms with Crippen molar-refractivity contribution in [2.24, 2.45) is 5.73 Å². The minimum Gasteiger partial charge on any atom is -0.352 e. The molecule has 0 radical (unpaired) electrons. The smallest absolute Gasteiger partial charge is 0.322 e. The molecule has 10 nitrogen and oxygen atoms in total. The quantitative estimate of drug-likeness (QED) is 0.377. The van der Waals surface area contributed by atoms with Gasteiger partial charge in [-0.05, 0) is 103 Å². The molecule has 10 heteroatoms. The molecular formula is C37H59N7O3. The van der Waals surface area contributed by atoms with E-state index in [4.69, 9.17) is 0 Å². The number of benzene rings is 2. The lowest BCUT2D eigenvalue weighted by atomic mass is 10.0. The van der Waals surface area contributed by atoms with Gasteiger partial charge in [0.15, 0.2) is 0 Å². The van der Waals surface area contributed by atoms with Gasteiger partial charge in [0.05, 0.1) is 6.04 Å². The molecule has 3 saturated heterocycles. The molecule has 1 atom stereocenters. The molecule has 4 amide bonds. The summed E-state index contributed by atoms with van der Waals surface area (Å²) in [6, 6.07) is 19.0. The van der Waals surface area contributed by atoms with Crippen LogP contribution in [0.25, 0.3) is 0 Å². The highest BCUT2D eigenvalue weighted by molar-refractivity contribution is 5.92. The predicted octanol–water partition coefficient (Wildman–Crippen LogP) is 5.07. The third-order valence-electron chi connectivity index (χ3n) is 9.63. The summed E-state index contributed by atoms with van der Waals surface area (Å²) >= 11 is 0. The van der Waals surface area contributed by atoms with E-state index in [1.54, 1.807) is 0 Å². The van der Waals surface area contributed by atoms with E-state index in [9.17, 15) is 14.4 Å². The van der Waals surface area contributed by atoms with Gasteiger partial charge < -0.3 is 36.0 Å². The third kappa shape index (κ3) is 11.9.